The molecular formula is C11H15F2N3O3S. The quantitative estimate of drug-likeness (QED) is 0.660. The van der Waals surface area contributed by atoms with Gasteiger partial charge >= 0.3 is 0 Å². The third-order valence-electron chi connectivity index (χ3n) is 2.38. The van der Waals surface area contributed by atoms with E-state index < -0.39 is 44.7 Å². The summed E-state index contributed by atoms with van der Waals surface area (Å²) in [6.07, 6.45) is 0.696. The number of halogens is 2. The molecule has 9 heteroatoms. The van der Waals surface area contributed by atoms with Crippen LogP contribution in [0.15, 0.2) is 17.0 Å². The monoisotopic (exact) mass is 307 g/mol. The fraction of sp³-hybridized carbons (Fsp3) is 0.364. The molecule has 1 rings (SSSR count). The zero-order chi connectivity index (χ0) is 15.3. The highest BCUT2D eigenvalue weighted by Gasteiger charge is 2.23. The molecule has 0 aliphatic carbocycles. The van der Waals surface area contributed by atoms with Gasteiger partial charge in [-0.1, -0.05) is 6.92 Å². The topological polar surface area (TPSA) is 101 Å². The summed E-state index contributed by atoms with van der Waals surface area (Å²) in [5, 5.41) is 2.45. The Balaban J connectivity index is 2.85. The number of carbonyl (C=O) groups excluding carboxylic acids is 1. The zero-order valence-corrected chi connectivity index (χ0v) is 11.6. The molecule has 1 amide bonds. The Bertz CT molecular complexity index is 605. The first-order valence-corrected chi connectivity index (χ1v) is 7.27. The molecule has 0 aromatic heterocycles. The van der Waals surface area contributed by atoms with Crippen LogP contribution < -0.4 is 15.8 Å². The molecule has 0 unspecified atom stereocenters. The standard InChI is InChI=1S/C11H15F2N3O3S/c1-2-5-15-9(17)6-16-20(18,19)8-4-3-7(12)11(14)10(8)13/h3-4,16H,2,5-6,14H2,1H3,(H,15,17). The van der Waals surface area contributed by atoms with Crippen molar-refractivity contribution in [3.05, 3.63) is 23.8 Å². The van der Waals surface area contributed by atoms with E-state index in [4.69, 9.17) is 5.73 Å². The van der Waals surface area contributed by atoms with Crippen LogP contribution in [0.5, 0.6) is 0 Å². The van der Waals surface area contributed by atoms with Gasteiger partial charge in [0.25, 0.3) is 0 Å². The predicted octanol–water partition coefficient (Wildman–Crippen LogP) is 0.351. The molecule has 0 atom stereocenters. The van der Waals surface area contributed by atoms with Gasteiger partial charge in [0.15, 0.2) is 5.82 Å². The average molecular weight is 307 g/mol. The maximum absolute atomic E-state index is 13.6. The molecule has 0 bridgehead atoms. The van der Waals surface area contributed by atoms with E-state index >= 15 is 0 Å². The van der Waals surface area contributed by atoms with Crippen molar-refractivity contribution >= 4 is 21.6 Å². The van der Waals surface area contributed by atoms with Crippen LogP contribution in [-0.2, 0) is 14.8 Å². The number of nitrogen functional groups attached to an aromatic ring is 1. The van der Waals surface area contributed by atoms with E-state index in [0.717, 1.165) is 12.1 Å². The Morgan fingerprint density at radius 3 is 2.60 bits per heavy atom. The van der Waals surface area contributed by atoms with Crippen LogP contribution in [0.2, 0.25) is 0 Å². The molecule has 1 aromatic rings. The first-order chi connectivity index (χ1) is 9.29. The summed E-state index contributed by atoms with van der Waals surface area (Å²) in [5.41, 5.74) is 4.19. The predicted molar refractivity (Wildman–Crippen MR) is 69.3 cm³/mol. The molecule has 0 aliphatic heterocycles. The van der Waals surface area contributed by atoms with Gasteiger partial charge < -0.3 is 11.1 Å². The van der Waals surface area contributed by atoms with Gasteiger partial charge in [-0.15, -0.1) is 0 Å². The number of nitrogens with two attached hydrogens (primary N) is 1. The average Bonchev–Trinajstić information content (AvgIpc) is 2.40. The molecule has 6 nitrogen and oxygen atoms in total. The molecule has 20 heavy (non-hydrogen) atoms. The van der Waals surface area contributed by atoms with E-state index in [9.17, 15) is 22.0 Å². The Labute approximate surface area is 115 Å². The SMILES string of the molecule is CCCNC(=O)CNS(=O)(=O)c1ccc(F)c(N)c1F. The Hall–Kier alpha value is -1.74. The lowest BCUT2D eigenvalue weighted by Crippen LogP contribution is -2.37. The highest BCUT2D eigenvalue weighted by Crippen LogP contribution is 2.22. The van der Waals surface area contributed by atoms with Gasteiger partial charge in [-0.25, -0.2) is 21.9 Å². The van der Waals surface area contributed by atoms with Crippen LogP contribution in [-0.4, -0.2) is 27.4 Å². The summed E-state index contributed by atoms with van der Waals surface area (Å²) < 4.78 is 52.0. The number of carbonyl (C=O) groups is 1. The largest absolute Gasteiger partial charge is 0.394 e. The molecule has 1 aromatic carbocycles. The molecular weight excluding hydrogens is 292 g/mol. The minimum atomic E-state index is -4.28. The number of rotatable bonds is 6. The van der Waals surface area contributed by atoms with Gasteiger partial charge in [0.05, 0.1) is 6.54 Å². The van der Waals surface area contributed by atoms with Crippen LogP contribution in [0, 0.1) is 11.6 Å². The number of hydrogen-bond acceptors (Lipinski definition) is 4. The van der Waals surface area contributed by atoms with Gasteiger partial charge in [-0.3, -0.25) is 4.79 Å². The lowest BCUT2D eigenvalue weighted by atomic mass is 10.3. The third kappa shape index (κ3) is 3.87. The fourth-order valence-electron chi connectivity index (χ4n) is 1.32. The van der Waals surface area contributed by atoms with Gasteiger partial charge in [-0.05, 0) is 18.6 Å². The minimum Gasteiger partial charge on any atom is -0.394 e. The molecule has 0 fully saturated rings. The summed E-state index contributed by atoms with van der Waals surface area (Å²) in [4.78, 5) is 10.5. The Kier molecular flexibility index (Phi) is 5.40. The van der Waals surface area contributed by atoms with Gasteiger partial charge in [0, 0.05) is 6.54 Å². The van der Waals surface area contributed by atoms with Crippen molar-refractivity contribution in [3.63, 3.8) is 0 Å². The molecule has 0 spiro atoms. The van der Waals surface area contributed by atoms with E-state index in [2.05, 4.69) is 5.32 Å². The lowest BCUT2D eigenvalue weighted by molar-refractivity contribution is -0.119. The highest BCUT2D eigenvalue weighted by molar-refractivity contribution is 7.89. The van der Waals surface area contributed by atoms with Crippen LogP contribution in [0.3, 0.4) is 0 Å². The number of benzene rings is 1. The van der Waals surface area contributed by atoms with Gasteiger partial charge in [-0.2, -0.15) is 0 Å². The second-order valence-corrected chi connectivity index (χ2v) is 5.68. The van der Waals surface area contributed by atoms with Crippen molar-refractivity contribution in [1.82, 2.24) is 10.0 Å². The Morgan fingerprint density at radius 1 is 1.35 bits per heavy atom. The van der Waals surface area contributed by atoms with Crippen LogP contribution in [0.4, 0.5) is 14.5 Å². The first kappa shape index (κ1) is 16.3. The molecule has 0 saturated carbocycles. The highest BCUT2D eigenvalue weighted by atomic mass is 32.2. The summed E-state index contributed by atoms with van der Waals surface area (Å²) >= 11 is 0. The second-order valence-electron chi connectivity index (χ2n) is 3.95. The van der Waals surface area contributed by atoms with Gasteiger partial charge in [0.2, 0.25) is 15.9 Å². The van der Waals surface area contributed by atoms with Crippen molar-refractivity contribution in [2.24, 2.45) is 0 Å². The Morgan fingerprint density at radius 2 is 2.00 bits per heavy atom. The van der Waals surface area contributed by atoms with E-state index in [1.807, 2.05) is 11.6 Å². The second kappa shape index (κ2) is 6.62. The van der Waals surface area contributed by atoms with Crippen LogP contribution >= 0.6 is 0 Å². The van der Waals surface area contributed by atoms with Crippen LogP contribution in [0.1, 0.15) is 13.3 Å². The third-order valence-corrected chi connectivity index (χ3v) is 3.79. The molecule has 0 heterocycles. The zero-order valence-electron chi connectivity index (χ0n) is 10.7. The normalized spacial score (nSPS) is 11.3. The molecule has 112 valence electrons. The minimum absolute atomic E-state index is 0.401. The number of nitrogens with one attached hydrogen (secondary N) is 2. The van der Waals surface area contributed by atoms with Gasteiger partial charge in [0.1, 0.15) is 16.4 Å². The summed E-state index contributed by atoms with van der Waals surface area (Å²) in [5.74, 6) is -2.99. The summed E-state index contributed by atoms with van der Waals surface area (Å²) in [6.45, 7) is 1.69. The van der Waals surface area contributed by atoms with E-state index in [0.29, 0.717) is 13.0 Å². The van der Waals surface area contributed by atoms with Crippen molar-refractivity contribution in [2.75, 3.05) is 18.8 Å². The number of sulfonamides is 1. The number of amides is 1. The van der Waals surface area contributed by atoms with Crippen molar-refractivity contribution < 1.29 is 22.0 Å². The number of anilines is 1. The molecule has 4 N–H and O–H groups in total. The smallest absolute Gasteiger partial charge is 0.244 e. The van der Waals surface area contributed by atoms with E-state index in [-0.39, 0.29) is 0 Å². The van der Waals surface area contributed by atoms with Crippen LogP contribution in [0.25, 0.3) is 0 Å². The number of hydrogen-bond donors (Lipinski definition) is 3. The van der Waals surface area contributed by atoms with Crippen molar-refractivity contribution in [3.8, 4) is 0 Å². The molecule has 0 radical (unpaired) electrons. The fourth-order valence-corrected chi connectivity index (χ4v) is 2.39. The maximum atomic E-state index is 13.6. The summed E-state index contributed by atoms with van der Waals surface area (Å²) in [6, 6.07) is 1.48. The first-order valence-electron chi connectivity index (χ1n) is 5.79. The van der Waals surface area contributed by atoms with Crippen molar-refractivity contribution in [1.29, 1.82) is 0 Å². The van der Waals surface area contributed by atoms with E-state index in [1.165, 1.54) is 0 Å². The summed E-state index contributed by atoms with van der Waals surface area (Å²) in [7, 11) is -4.28. The molecule has 0 aliphatic rings. The van der Waals surface area contributed by atoms with E-state index in [1.54, 1.807) is 0 Å². The maximum Gasteiger partial charge on any atom is 0.244 e. The van der Waals surface area contributed by atoms with Crippen molar-refractivity contribution in [2.45, 2.75) is 18.2 Å². The molecule has 0 saturated heterocycles. The lowest BCUT2D eigenvalue weighted by Gasteiger charge is -2.09.